The van der Waals surface area contributed by atoms with Gasteiger partial charge in [0.2, 0.25) is 0 Å². The van der Waals surface area contributed by atoms with E-state index in [-0.39, 0.29) is 24.8 Å². The Labute approximate surface area is 275 Å². The second-order valence-electron chi connectivity index (χ2n) is 12.6. The predicted molar refractivity (Wildman–Crippen MR) is 196 cm³/mol. The van der Waals surface area contributed by atoms with E-state index in [1.165, 1.54) is 43.8 Å². The Morgan fingerprint density at radius 2 is 0.818 bits per heavy atom. The van der Waals surface area contributed by atoms with Crippen molar-refractivity contribution >= 4 is 71.9 Å². The van der Waals surface area contributed by atoms with Crippen molar-refractivity contribution < 1.29 is 17.4 Å². The van der Waals surface area contributed by atoms with Crippen molar-refractivity contribution in [2.75, 3.05) is 0 Å². The Morgan fingerprint density at radius 3 is 1.23 bits per heavy atom. The first-order valence-corrected chi connectivity index (χ1v) is 26.3. The van der Waals surface area contributed by atoms with Crippen LogP contribution in [0, 0.1) is 0 Å². The van der Waals surface area contributed by atoms with Gasteiger partial charge in [0.1, 0.15) is 0 Å². The molecular formula is C40H36Cl2SiZr. The van der Waals surface area contributed by atoms with E-state index in [4.69, 9.17) is 0 Å². The van der Waals surface area contributed by atoms with Gasteiger partial charge in [-0.05, 0) is 0 Å². The second kappa shape index (κ2) is 11.4. The molecule has 0 N–H and O–H groups in total. The molecule has 0 aliphatic heterocycles. The molecule has 2 unspecified atom stereocenters. The molecule has 0 amide bonds. The number of fused-ring (bicyclic) bond motifs is 6. The quantitative estimate of drug-likeness (QED) is 0.160. The number of hydrogen-bond donors (Lipinski definition) is 0. The second-order valence-corrected chi connectivity index (χ2v) is 35.3. The Balaban J connectivity index is 0.00000171. The Morgan fingerprint density at radius 1 is 0.455 bits per heavy atom. The van der Waals surface area contributed by atoms with E-state index >= 15 is 0 Å². The van der Waals surface area contributed by atoms with Gasteiger partial charge in [0.25, 0.3) is 0 Å². The maximum atomic E-state index is 2.51. The number of benzene rings is 6. The van der Waals surface area contributed by atoms with Gasteiger partial charge in [0, 0.05) is 0 Å². The van der Waals surface area contributed by atoms with Crippen LogP contribution in [0.15, 0.2) is 145 Å². The fourth-order valence-corrected chi connectivity index (χ4v) is 38.1. The average molecular weight is 707 g/mol. The van der Waals surface area contributed by atoms with Gasteiger partial charge in [-0.2, -0.15) is 0 Å². The van der Waals surface area contributed by atoms with E-state index in [1.807, 2.05) is 0 Å². The third kappa shape index (κ3) is 4.11. The number of allylic oxidation sites excluding steroid dienone is 2. The third-order valence-corrected chi connectivity index (χ3v) is 38.6. The van der Waals surface area contributed by atoms with E-state index in [2.05, 4.69) is 166 Å². The molecule has 0 fully saturated rings. The zero-order chi connectivity index (χ0) is 28.5. The summed E-state index contributed by atoms with van der Waals surface area (Å²) in [5.74, 6) is 0. The standard InChI is InChI=1S/2C14H11.2C6H5.2ClH.H2Si.Zr/c2*1-10-8-12-7-6-11-4-2-3-5-13(11)14(12)9-10;2*1-2-4-6-5-3-1;;;;/h2*2-9H,1H3;2*1-5H;2*1H;1H2;. The molecule has 0 bridgehead atoms. The molecule has 2 aliphatic rings. The van der Waals surface area contributed by atoms with Crippen LogP contribution in [0.25, 0.3) is 33.7 Å². The molecule has 44 heavy (non-hydrogen) atoms. The molecule has 218 valence electrons. The van der Waals surface area contributed by atoms with Crippen LogP contribution in [-0.2, 0) is 17.4 Å². The topological polar surface area (TPSA) is 0 Å². The minimum Gasteiger partial charge on any atom is -0.147 e. The van der Waals surface area contributed by atoms with Gasteiger partial charge in [-0.15, -0.1) is 24.8 Å². The van der Waals surface area contributed by atoms with Crippen molar-refractivity contribution in [3.05, 3.63) is 167 Å². The first kappa shape index (κ1) is 31.0. The molecule has 0 saturated carbocycles. The summed E-state index contributed by atoms with van der Waals surface area (Å²) in [7, 11) is 0. The molecule has 0 heterocycles. The minimum atomic E-state index is -4.60. The van der Waals surface area contributed by atoms with Crippen LogP contribution in [-0.4, -0.2) is 6.88 Å². The number of rotatable bonds is 4. The van der Waals surface area contributed by atoms with Crippen LogP contribution in [0.1, 0.15) is 43.4 Å². The average Bonchev–Trinajstić information content (AvgIpc) is 3.58. The largest absolute Gasteiger partial charge is 0.147 e. The van der Waals surface area contributed by atoms with Gasteiger partial charge < -0.3 is 0 Å². The van der Waals surface area contributed by atoms with E-state index in [0.29, 0.717) is 7.25 Å². The smallest absolute Gasteiger partial charge is 0.147 e. The van der Waals surface area contributed by atoms with Gasteiger partial charge in [-0.1, -0.05) is 0 Å². The Kier molecular flexibility index (Phi) is 8.04. The van der Waals surface area contributed by atoms with Crippen molar-refractivity contribution in [2.24, 2.45) is 0 Å². The van der Waals surface area contributed by atoms with Gasteiger partial charge in [-0.25, -0.2) is 0 Å². The zero-order valence-electron chi connectivity index (χ0n) is 25.0. The molecule has 6 aromatic rings. The summed E-state index contributed by atoms with van der Waals surface area (Å²) in [4.78, 5) is 0. The first-order valence-electron chi connectivity index (χ1n) is 15.0. The molecule has 6 aromatic carbocycles. The number of hydrogen-bond acceptors (Lipinski definition) is 0. The van der Waals surface area contributed by atoms with Crippen LogP contribution in [0.5, 0.6) is 0 Å². The molecule has 0 aromatic heterocycles. The Hall–Kier alpha value is -3.00. The monoisotopic (exact) mass is 704 g/mol. The summed E-state index contributed by atoms with van der Waals surface area (Å²) in [5, 5.41) is 5.48. The van der Waals surface area contributed by atoms with Crippen LogP contribution >= 0.6 is 24.8 Å². The summed E-state index contributed by atoms with van der Waals surface area (Å²) in [6.07, 6.45) is 5.02. The maximum Gasteiger partial charge on any atom is -0.147 e. The van der Waals surface area contributed by atoms with Crippen LogP contribution in [0.3, 0.4) is 0 Å². The molecule has 0 nitrogen and oxygen atoms in total. The van der Waals surface area contributed by atoms with Gasteiger partial charge in [-0.3, -0.25) is 0 Å². The summed E-state index contributed by atoms with van der Waals surface area (Å²) in [5.41, 5.74) is 8.90. The molecule has 2 atom stereocenters. The summed E-state index contributed by atoms with van der Waals surface area (Å²) in [6.45, 7) is 7.30. The molecule has 4 heteroatoms. The van der Waals surface area contributed by atoms with Crippen molar-refractivity contribution in [3.63, 3.8) is 0 Å². The normalized spacial score (nSPS) is 17.2. The van der Waals surface area contributed by atoms with E-state index in [1.54, 1.807) is 17.7 Å². The van der Waals surface area contributed by atoms with Crippen LogP contribution in [0.4, 0.5) is 0 Å². The maximum absolute atomic E-state index is 4.60. The predicted octanol–water partition coefficient (Wildman–Crippen LogP) is 9.34. The van der Waals surface area contributed by atoms with Crippen LogP contribution < -0.4 is 6.54 Å². The van der Waals surface area contributed by atoms with Crippen molar-refractivity contribution in [1.82, 2.24) is 0 Å². The molecule has 8 rings (SSSR count). The third-order valence-electron chi connectivity index (χ3n) is 10.5. The van der Waals surface area contributed by atoms with Crippen LogP contribution in [0.2, 0.25) is 0 Å². The summed E-state index contributed by atoms with van der Waals surface area (Å²) >= 11 is -4.60. The SMILES string of the molecule is CC1=Cc2ccc3ccccc3c2[CH]1[Zr](=[SiH2])([c]1ccccc1)([c]1ccccc1)[CH]1C(C)=Cc2ccc3ccccc3c21.Cl.Cl. The van der Waals surface area contributed by atoms with Crippen molar-refractivity contribution in [3.8, 4) is 0 Å². The minimum absolute atomic E-state index is 0. The summed E-state index contributed by atoms with van der Waals surface area (Å²) < 4.78 is 3.80. The molecule has 0 saturated heterocycles. The number of halogens is 2. The van der Waals surface area contributed by atoms with Crippen molar-refractivity contribution in [2.45, 2.75) is 21.1 Å². The van der Waals surface area contributed by atoms with E-state index < -0.39 is 17.4 Å². The summed E-state index contributed by atoms with van der Waals surface area (Å²) in [6, 6.07) is 51.0. The fraction of sp³-hybridized carbons (Fsp3) is 0.100. The van der Waals surface area contributed by atoms with Crippen molar-refractivity contribution in [1.29, 1.82) is 0 Å². The fourth-order valence-electron chi connectivity index (χ4n) is 9.00. The van der Waals surface area contributed by atoms with Gasteiger partial charge >= 0.3 is 252 Å². The van der Waals surface area contributed by atoms with E-state index in [9.17, 15) is 0 Å². The zero-order valence-corrected chi connectivity index (χ0v) is 30.5. The van der Waals surface area contributed by atoms with E-state index in [0.717, 1.165) is 0 Å². The molecule has 0 spiro atoms. The van der Waals surface area contributed by atoms with Gasteiger partial charge in [0.15, 0.2) is 0 Å². The Bertz CT molecular complexity index is 2020. The molecular weight excluding hydrogens is 671 g/mol. The van der Waals surface area contributed by atoms with Gasteiger partial charge in [0.05, 0.1) is 0 Å². The first-order chi connectivity index (χ1) is 20.5. The molecule has 2 aliphatic carbocycles. The molecule has 0 radical (unpaired) electrons.